The van der Waals surface area contributed by atoms with Crippen molar-refractivity contribution in [1.82, 2.24) is 4.72 Å². The van der Waals surface area contributed by atoms with Crippen molar-refractivity contribution in [2.24, 2.45) is 5.14 Å². The number of aliphatic hydroxyl groups excluding tert-OH is 3. The quantitative estimate of drug-likeness (QED) is 0.304. The molecule has 12 heteroatoms. The molecule has 2 aromatic rings. The van der Waals surface area contributed by atoms with Crippen LogP contribution in [0.3, 0.4) is 0 Å². The Balaban J connectivity index is 1.67. The summed E-state index contributed by atoms with van der Waals surface area (Å²) < 4.78 is 40.0. The average molecular weight is 503 g/mol. The van der Waals surface area contributed by atoms with Gasteiger partial charge in [-0.1, -0.05) is 35.9 Å². The minimum absolute atomic E-state index is 0.0493. The minimum atomic E-state index is -3.75. The van der Waals surface area contributed by atoms with Crippen molar-refractivity contribution in [2.45, 2.75) is 37.1 Å². The summed E-state index contributed by atoms with van der Waals surface area (Å²) in [6, 6.07) is 12.3. The van der Waals surface area contributed by atoms with Gasteiger partial charge in [0.05, 0.1) is 0 Å². The van der Waals surface area contributed by atoms with Crippen molar-refractivity contribution in [3.05, 3.63) is 64.2 Å². The molecule has 0 aliphatic carbocycles. The second-order valence-corrected chi connectivity index (χ2v) is 9.38. The number of aliphatic hydroxyl groups is 3. The lowest BCUT2D eigenvalue weighted by atomic mass is 9.92. The molecular weight excluding hydrogens is 476 g/mol. The second kappa shape index (κ2) is 11.1. The van der Waals surface area contributed by atoms with Gasteiger partial charge in [-0.3, -0.25) is 0 Å². The van der Waals surface area contributed by atoms with Gasteiger partial charge in [0.25, 0.3) is 10.2 Å². The zero-order chi connectivity index (χ0) is 24.2. The lowest BCUT2D eigenvalue weighted by Gasteiger charge is -2.40. The summed E-state index contributed by atoms with van der Waals surface area (Å²) in [4.78, 5) is 0. The smallest absolute Gasteiger partial charge is 0.274 e. The molecule has 1 fully saturated rings. The molecule has 33 heavy (non-hydrogen) atoms. The van der Waals surface area contributed by atoms with Gasteiger partial charge in [0, 0.05) is 18.7 Å². The number of benzene rings is 2. The van der Waals surface area contributed by atoms with E-state index in [4.69, 9.17) is 31.0 Å². The molecule has 0 aromatic heterocycles. The Bertz CT molecular complexity index is 1040. The number of halogens is 1. The first-order valence-corrected chi connectivity index (χ1v) is 12.0. The Morgan fingerprint density at radius 1 is 1.09 bits per heavy atom. The summed E-state index contributed by atoms with van der Waals surface area (Å²) >= 11 is 6.37. The molecule has 0 saturated carbocycles. The number of nitrogens with one attached hydrogen (secondary N) is 1. The van der Waals surface area contributed by atoms with E-state index in [9.17, 15) is 23.7 Å². The molecule has 2 aromatic carbocycles. The maximum absolute atomic E-state index is 10.8. The van der Waals surface area contributed by atoms with Gasteiger partial charge >= 0.3 is 0 Å². The molecule has 2 unspecified atom stereocenters. The lowest BCUT2D eigenvalue weighted by Crippen LogP contribution is -2.54. The average Bonchev–Trinajstić information content (AvgIpc) is 2.77. The highest BCUT2D eigenvalue weighted by Crippen LogP contribution is 2.34. The zero-order valence-electron chi connectivity index (χ0n) is 17.8. The van der Waals surface area contributed by atoms with Crippen molar-refractivity contribution in [3.8, 4) is 5.75 Å². The molecule has 0 bridgehead atoms. The van der Waals surface area contributed by atoms with Crippen LogP contribution < -0.4 is 14.6 Å². The van der Waals surface area contributed by atoms with Crippen LogP contribution in [-0.4, -0.2) is 68.6 Å². The fourth-order valence-corrected chi connectivity index (χ4v) is 4.05. The summed E-state index contributed by atoms with van der Waals surface area (Å²) in [5.74, 6) is 0.562. The van der Waals surface area contributed by atoms with Gasteiger partial charge in [0.1, 0.15) is 36.8 Å². The Kier molecular flexibility index (Phi) is 8.67. The number of methoxy groups -OCH3 is 1. The summed E-state index contributed by atoms with van der Waals surface area (Å²) in [6.45, 7) is 0.171. The van der Waals surface area contributed by atoms with Crippen LogP contribution in [0, 0.1) is 0 Å². The van der Waals surface area contributed by atoms with E-state index in [1.165, 1.54) is 7.11 Å². The fraction of sp³-hybridized carbons (Fsp3) is 0.429. The van der Waals surface area contributed by atoms with Crippen LogP contribution >= 0.6 is 11.6 Å². The Labute approximate surface area is 197 Å². The number of nitrogens with two attached hydrogens (primary N) is 1. The third kappa shape index (κ3) is 6.85. The molecule has 1 saturated heterocycles. The van der Waals surface area contributed by atoms with Gasteiger partial charge in [-0.25, -0.2) is 5.14 Å². The molecule has 0 spiro atoms. The van der Waals surface area contributed by atoms with Crippen LogP contribution in [0.1, 0.15) is 22.8 Å². The van der Waals surface area contributed by atoms with Gasteiger partial charge in [0.2, 0.25) is 0 Å². The Hall–Kier alpha value is -1.80. The van der Waals surface area contributed by atoms with Crippen molar-refractivity contribution in [3.63, 3.8) is 0 Å². The predicted molar refractivity (Wildman–Crippen MR) is 120 cm³/mol. The molecule has 10 nitrogen and oxygen atoms in total. The van der Waals surface area contributed by atoms with Crippen molar-refractivity contribution in [2.75, 3.05) is 20.3 Å². The normalized spacial score (nSPS) is 25.7. The number of hydrogen-bond donors (Lipinski definition) is 5. The highest BCUT2D eigenvalue weighted by atomic mass is 35.5. The first kappa shape index (κ1) is 25.8. The molecule has 0 radical (unpaired) electrons. The zero-order valence-corrected chi connectivity index (χ0v) is 19.4. The van der Waals surface area contributed by atoms with E-state index in [0.717, 1.165) is 11.1 Å². The van der Waals surface area contributed by atoms with Crippen molar-refractivity contribution < 1.29 is 37.9 Å². The molecule has 3 rings (SSSR count). The van der Waals surface area contributed by atoms with E-state index in [-0.39, 0.29) is 13.2 Å². The van der Waals surface area contributed by atoms with Gasteiger partial charge in [-0.05, 0) is 41.3 Å². The molecule has 1 aliphatic rings. The van der Waals surface area contributed by atoms with Crippen LogP contribution in [0.4, 0.5) is 0 Å². The highest BCUT2D eigenvalue weighted by molar-refractivity contribution is 7.87. The van der Waals surface area contributed by atoms with E-state index in [1.54, 1.807) is 30.3 Å². The molecule has 0 amide bonds. The number of ether oxygens (including phenoxy) is 3. The predicted octanol–water partition coefficient (Wildman–Crippen LogP) is 0.229. The van der Waals surface area contributed by atoms with Gasteiger partial charge < -0.3 is 29.5 Å². The molecule has 1 aliphatic heterocycles. The van der Waals surface area contributed by atoms with Crippen molar-refractivity contribution >= 4 is 21.8 Å². The number of hydrogen-bond acceptors (Lipinski definition) is 8. The van der Waals surface area contributed by atoms with E-state index >= 15 is 0 Å². The van der Waals surface area contributed by atoms with E-state index in [0.29, 0.717) is 22.8 Å². The van der Waals surface area contributed by atoms with Crippen LogP contribution in [0.5, 0.6) is 5.75 Å². The maximum Gasteiger partial charge on any atom is 0.274 e. The van der Waals surface area contributed by atoms with E-state index < -0.39 is 40.9 Å². The third-order valence-corrected chi connectivity index (χ3v) is 6.17. The first-order valence-electron chi connectivity index (χ1n) is 10.1. The minimum Gasteiger partial charge on any atom is -0.492 e. The molecule has 6 N–H and O–H groups in total. The van der Waals surface area contributed by atoms with Crippen LogP contribution in [0.15, 0.2) is 42.5 Å². The summed E-state index contributed by atoms with van der Waals surface area (Å²) in [5, 5.41) is 35.9. The summed E-state index contributed by atoms with van der Waals surface area (Å²) in [6.07, 6.45) is -5.67. The lowest BCUT2D eigenvalue weighted by molar-refractivity contribution is -0.292. The Morgan fingerprint density at radius 2 is 1.79 bits per heavy atom. The molecule has 5 atom stereocenters. The highest BCUT2D eigenvalue weighted by Gasteiger charge is 2.44. The largest absolute Gasteiger partial charge is 0.492 e. The van der Waals surface area contributed by atoms with Gasteiger partial charge in [0.15, 0.2) is 6.29 Å². The monoisotopic (exact) mass is 502 g/mol. The van der Waals surface area contributed by atoms with E-state index in [2.05, 4.69) is 4.72 Å². The van der Waals surface area contributed by atoms with E-state index in [1.807, 2.05) is 12.1 Å². The Morgan fingerprint density at radius 3 is 2.42 bits per heavy atom. The van der Waals surface area contributed by atoms with Gasteiger partial charge in [-0.15, -0.1) is 0 Å². The molecular formula is C21H27ClN2O8S. The maximum atomic E-state index is 10.8. The summed E-state index contributed by atoms with van der Waals surface area (Å²) in [7, 11) is -2.41. The second-order valence-electron chi connectivity index (χ2n) is 7.59. The fourth-order valence-electron chi connectivity index (χ4n) is 3.50. The van der Waals surface area contributed by atoms with Crippen LogP contribution in [0.2, 0.25) is 5.02 Å². The first-order chi connectivity index (χ1) is 15.6. The third-order valence-electron chi connectivity index (χ3n) is 5.19. The number of rotatable bonds is 9. The topological polar surface area (TPSA) is 161 Å². The van der Waals surface area contributed by atoms with Crippen LogP contribution in [-0.2, 0) is 26.1 Å². The van der Waals surface area contributed by atoms with Gasteiger partial charge in [-0.2, -0.15) is 13.1 Å². The molecule has 182 valence electrons. The standard InChI is InChI=1S/C21H27ClN2O8S/c1-30-21-19(27)17(25)18(26)20(32-21)13-4-7-16(22)14(11-13)10-12-2-5-15(6-3-12)31-9-8-24-33(23,28)29/h2-7,11,17-21,24-27H,8-10H2,1H3,(H2,23,28,29)/t17?,18?,19-,20-,21-/m0/s1. The van der Waals surface area contributed by atoms with Crippen molar-refractivity contribution in [1.29, 1.82) is 0 Å². The van der Waals surface area contributed by atoms with Crippen LogP contribution in [0.25, 0.3) is 0 Å². The SMILES string of the molecule is CO[C@H]1O[C@@H](c2ccc(Cl)c(Cc3ccc(OCCNS(N)(=O)=O)cc3)c2)C(O)C(O)[C@@H]1O. The summed E-state index contributed by atoms with van der Waals surface area (Å²) in [5.41, 5.74) is 2.28. The molecule has 1 heterocycles.